The molecule has 4 aromatic heterocycles. The summed E-state index contributed by atoms with van der Waals surface area (Å²) in [5, 5.41) is 12.6. The van der Waals surface area contributed by atoms with Crippen molar-refractivity contribution in [3.63, 3.8) is 0 Å². The number of carbonyl (C=O) groups is 3. The van der Waals surface area contributed by atoms with Crippen LogP contribution in [0.1, 0.15) is 85.8 Å². The average molecular weight is 827 g/mol. The highest BCUT2D eigenvalue weighted by molar-refractivity contribution is 6.00. The molecule has 2 atom stereocenters. The fourth-order valence-corrected chi connectivity index (χ4v) is 8.10. The minimum absolute atomic E-state index is 0.0622. The van der Waals surface area contributed by atoms with Gasteiger partial charge >= 0.3 is 17.5 Å². The minimum Gasteiger partial charge on any atom is -0.368 e. The number of aromatic nitrogens is 7. The number of nitrogens with zero attached hydrogens (tertiary/aromatic N) is 9. The molecule has 0 bridgehead atoms. The molecular formula is C44H50N12O5. The largest absolute Gasteiger partial charge is 0.368 e. The fraction of sp³-hybridized carbons (Fsp3) is 0.386. The van der Waals surface area contributed by atoms with Crippen LogP contribution in [0, 0.1) is 6.92 Å². The van der Waals surface area contributed by atoms with Crippen LogP contribution >= 0.6 is 0 Å². The standard InChI is InChI=1S/C44H50N12O5/c1-26-22-29(10-12-31(26)27(2)48-40(59)41-51-42(52-61-41)44(3,4)5)32-23-36(47-25-46-32)49-35-14-11-30(24-45-35)55-20-18-54(19-21-55)17-16-28-8-7-9-33-38(28)53(6)43(60)56(33)34-13-15-37(57)50-39(34)58/h7-12,14,22-25,27,34H,13,15-21H2,1-6H3,(H,48,59)(H,50,57,58)(H,45,46,47,49)/t27-,34?/m1/s1. The number of fused-ring (bicyclic) bond motifs is 1. The van der Waals surface area contributed by atoms with Crippen molar-refractivity contribution in [1.29, 1.82) is 0 Å². The second-order valence-electron chi connectivity index (χ2n) is 16.8. The van der Waals surface area contributed by atoms with E-state index in [-0.39, 0.29) is 35.4 Å². The number of anilines is 3. The number of piperidine rings is 1. The molecule has 3 N–H and O–H groups in total. The lowest BCUT2D eigenvalue weighted by molar-refractivity contribution is -0.135. The van der Waals surface area contributed by atoms with Crippen molar-refractivity contribution in [2.24, 2.45) is 7.05 Å². The van der Waals surface area contributed by atoms with Crippen molar-refractivity contribution in [2.75, 3.05) is 42.9 Å². The van der Waals surface area contributed by atoms with Crippen LogP contribution in [0.4, 0.5) is 17.3 Å². The molecular weight excluding hydrogens is 777 g/mol. The van der Waals surface area contributed by atoms with E-state index in [0.717, 1.165) is 78.3 Å². The van der Waals surface area contributed by atoms with Gasteiger partial charge in [0.05, 0.1) is 34.7 Å². The molecule has 0 aliphatic carbocycles. The number of pyridine rings is 1. The van der Waals surface area contributed by atoms with Gasteiger partial charge in [-0.25, -0.2) is 19.7 Å². The lowest BCUT2D eigenvalue weighted by Gasteiger charge is -2.36. The number of imide groups is 1. The van der Waals surface area contributed by atoms with Gasteiger partial charge in [0, 0.05) is 63.2 Å². The number of imidazole rings is 1. The molecule has 2 saturated heterocycles. The molecule has 17 heteroatoms. The van der Waals surface area contributed by atoms with Crippen molar-refractivity contribution in [1.82, 2.24) is 49.8 Å². The van der Waals surface area contributed by atoms with Crippen LogP contribution in [-0.2, 0) is 28.5 Å². The Morgan fingerprint density at radius 1 is 0.984 bits per heavy atom. The van der Waals surface area contributed by atoms with E-state index in [0.29, 0.717) is 29.4 Å². The minimum atomic E-state index is -0.705. The number of aryl methyl sites for hydroxylation is 2. The predicted octanol–water partition coefficient (Wildman–Crippen LogP) is 4.76. The Morgan fingerprint density at radius 2 is 1.79 bits per heavy atom. The van der Waals surface area contributed by atoms with Crippen LogP contribution in [-0.4, -0.2) is 89.6 Å². The van der Waals surface area contributed by atoms with Crippen molar-refractivity contribution < 1.29 is 18.9 Å². The summed E-state index contributed by atoms with van der Waals surface area (Å²) in [6.45, 7) is 14.1. The van der Waals surface area contributed by atoms with Gasteiger partial charge in [0.2, 0.25) is 11.8 Å². The van der Waals surface area contributed by atoms with E-state index in [1.54, 1.807) is 11.6 Å². The third kappa shape index (κ3) is 8.64. The molecule has 0 spiro atoms. The molecule has 0 radical (unpaired) electrons. The quantitative estimate of drug-likeness (QED) is 0.151. The molecule has 2 aromatic carbocycles. The van der Waals surface area contributed by atoms with Gasteiger partial charge in [-0.15, -0.1) is 0 Å². The number of hydrogen-bond donors (Lipinski definition) is 3. The van der Waals surface area contributed by atoms with Crippen molar-refractivity contribution in [2.45, 2.75) is 71.4 Å². The van der Waals surface area contributed by atoms with Gasteiger partial charge in [-0.05, 0) is 67.6 Å². The van der Waals surface area contributed by atoms with Crippen LogP contribution in [0.15, 0.2) is 76.4 Å². The zero-order chi connectivity index (χ0) is 43.0. The number of hydrogen-bond acceptors (Lipinski definition) is 13. The van der Waals surface area contributed by atoms with Gasteiger partial charge in [-0.2, -0.15) is 4.98 Å². The van der Waals surface area contributed by atoms with Crippen molar-refractivity contribution in [3.8, 4) is 11.3 Å². The van der Waals surface area contributed by atoms with E-state index in [1.165, 1.54) is 10.9 Å². The maximum atomic E-state index is 13.3. The first kappa shape index (κ1) is 41.0. The number of piperazine rings is 1. The van der Waals surface area contributed by atoms with Gasteiger partial charge in [0.1, 0.15) is 24.0 Å². The summed E-state index contributed by atoms with van der Waals surface area (Å²) in [4.78, 5) is 73.3. The Bertz CT molecular complexity index is 2670. The van der Waals surface area contributed by atoms with Gasteiger partial charge < -0.3 is 20.1 Å². The highest BCUT2D eigenvalue weighted by atomic mass is 16.5. The van der Waals surface area contributed by atoms with Crippen LogP contribution in [0.2, 0.25) is 0 Å². The fourth-order valence-electron chi connectivity index (χ4n) is 8.10. The highest BCUT2D eigenvalue weighted by Crippen LogP contribution is 2.28. The summed E-state index contributed by atoms with van der Waals surface area (Å²) < 4.78 is 8.37. The SMILES string of the molecule is Cc1cc(-c2cc(Nc3ccc(N4CCN(CCc5cccc6c5n(C)c(=O)n6C5CCC(=O)NC5=O)CC4)cn3)ncn2)ccc1[C@@H](C)NC(=O)c1nc(C(C)(C)C)no1. The van der Waals surface area contributed by atoms with E-state index in [9.17, 15) is 19.2 Å². The summed E-state index contributed by atoms with van der Waals surface area (Å²) in [5.74, 6) is 0.522. The normalized spacial score (nSPS) is 16.8. The Kier molecular flexibility index (Phi) is 11.2. The van der Waals surface area contributed by atoms with Crippen molar-refractivity contribution >= 4 is 46.1 Å². The third-order valence-electron chi connectivity index (χ3n) is 11.5. The number of rotatable bonds is 11. The molecule has 17 nitrogen and oxygen atoms in total. The Balaban J connectivity index is 0.845. The number of carbonyl (C=O) groups excluding carboxylic acids is 3. The lowest BCUT2D eigenvalue weighted by Crippen LogP contribution is -2.47. The summed E-state index contributed by atoms with van der Waals surface area (Å²) >= 11 is 0. The molecule has 2 aliphatic rings. The number of benzene rings is 2. The highest BCUT2D eigenvalue weighted by Gasteiger charge is 2.32. The monoisotopic (exact) mass is 826 g/mol. The summed E-state index contributed by atoms with van der Waals surface area (Å²) in [6.07, 6.45) is 4.66. The Hall–Kier alpha value is -6.75. The van der Waals surface area contributed by atoms with E-state index in [4.69, 9.17) is 9.51 Å². The van der Waals surface area contributed by atoms with E-state index < -0.39 is 17.9 Å². The zero-order valence-electron chi connectivity index (χ0n) is 35.2. The van der Waals surface area contributed by atoms with Crippen LogP contribution < -0.4 is 26.5 Å². The average Bonchev–Trinajstić information content (AvgIpc) is 3.85. The first-order valence-electron chi connectivity index (χ1n) is 20.5. The first-order valence-corrected chi connectivity index (χ1v) is 20.5. The Labute approximate surface area is 352 Å². The third-order valence-corrected chi connectivity index (χ3v) is 11.5. The second-order valence-corrected chi connectivity index (χ2v) is 16.8. The molecule has 8 rings (SSSR count). The number of amides is 3. The molecule has 1 unspecified atom stereocenters. The maximum Gasteiger partial charge on any atom is 0.329 e. The van der Waals surface area contributed by atoms with E-state index in [1.807, 2.05) is 89.3 Å². The zero-order valence-corrected chi connectivity index (χ0v) is 35.2. The molecule has 2 fully saturated rings. The summed E-state index contributed by atoms with van der Waals surface area (Å²) in [6, 6.07) is 16.7. The van der Waals surface area contributed by atoms with Gasteiger partial charge in [-0.1, -0.05) is 50.2 Å². The van der Waals surface area contributed by atoms with E-state index >= 15 is 0 Å². The van der Waals surface area contributed by atoms with Gasteiger partial charge in [0.15, 0.2) is 5.82 Å². The lowest BCUT2D eigenvalue weighted by atomic mass is 9.96. The molecule has 2 aliphatic heterocycles. The van der Waals surface area contributed by atoms with Crippen LogP contribution in [0.5, 0.6) is 0 Å². The molecule has 6 heterocycles. The Morgan fingerprint density at radius 3 is 2.49 bits per heavy atom. The van der Waals surface area contributed by atoms with Crippen LogP contribution in [0.3, 0.4) is 0 Å². The predicted molar refractivity (Wildman–Crippen MR) is 230 cm³/mol. The number of para-hydroxylation sites is 1. The smallest absolute Gasteiger partial charge is 0.329 e. The first-order chi connectivity index (χ1) is 29.2. The molecule has 316 valence electrons. The molecule has 3 amide bonds. The van der Waals surface area contributed by atoms with E-state index in [2.05, 4.69) is 51.9 Å². The number of nitrogens with one attached hydrogen (secondary N) is 3. The van der Waals surface area contributed by atoms with Crippen molar-refractivity contribution in [3.05, 3.63) is 106 Å². The molecule has 6 aromatic rings. The summed E-state index contributed by atoms with van der Waals surface area (Å²) in [7, 11) is 1.74. The van der Waals surface area contributed by atoms with Crippen LogP contribution in [0.25, 0.3) is 22.3 Å². The summed E-state index contributed by atoms with van der Waals surface area (Å²) in [5.41, 5.74) is 6.62. The molecule has 0 saturated carbocycles. The maximum absolute atomic E-state index is 13.3. The van der Waals surface area contributed by atoms with Gasteiger partial charge in [0.25, 0.3) is 0 Å². The van der Waals surface area contributed by atoms with Gasteiger partial charge in [-0.3, -0.25) is 33.7 Å². The molecule has 61 heavy (non-hydrogen) atoms. The topological polar surface area (TPSA) is 198 Å². The second kappa shape index (κ2) is 16.7.